The Bertz CT molecular complexity index is 202. The van der Waals surface area contributed by atoms with Crippen LogP contribution in [0.2, 0.25) is 0 Å². The first kappa shape index (κ1) is 12.5. The number of unbranched alkanes of at least 4 members (excludes halogenated alkanes) is 2. The molecule has 4 nitrogen and oxygen atoms in total. The Morgan fingerprint density at radius 1 is 1.40 bits per heavy atom. The van der Waals surface area contributed by atoms with Crippen LogP contribution in [0.3, 0.4) is 0 Å². The number of ether oxygens (including phenoxy) is 2. The zero-order valence-corrected chi connectivity index (χ0v) is 9.86. The summed E-state index contributed by atoms with van der Waals surface area (Å²) in [7, 11) is 3.24. The van der Waals surface area contributed by atoms with Gasteiger partial charge in [0, 0.05) is 20.6 Å². The van der Waals surface area contributed by atoms with Gasteiger partial charge in [-0.3, -0.25) is 0 Å². The summed E-state index contributed by atoms with van der Waals surface area (Å²) in [5, 5.41) is 4.06. The van der Waals surface area contributed by atoms with Gasteiger partial charge in [0.2, 0.25) is 0 Å². The molecule has 4 heteroatoms. The molecule has 0 fully saturated rings. The maximum Gasteiger partial charge on any atom is 0.197 e. The van der Waals surface area contributed by atoms with E-state index in [4.69, 9.17) is 14.3 Å². The van der Waals surface area contributed by atoms with Crippen LogP contribution < -0.4 is 0 Å². The Kier molecular flexibility index (Phi) is 5.65. The van der Waals surface area contributed by atoms with Crippen LogP contribution in [0.25, 0.3) is 0 Å². The third-order valence-corrected chi connectivity index (χ3v) is 2.59. The minimum absolute atomic E-state index is 0.0726. The first-order chi connectivity index (χ1) is 7.31. The fourth-order valence-electron chi connectivity index (χ4n) is 1.72. The largest absolute Gasteiger partial charge is 0.387 e. The van der Waals surface area contributed by atoms with E-state index in [9.17, 15) is 0 Å². The molecule has 1 aliphatic heterocycles. The van der Waals surface area contributed by atoms with Gasteiger partial charge in [0.25, 0.3) is 0 Å². The first-order valence-electron chi connectivity index (χ1n) is 5.59. The molecule has 0 radical (unpaired) electrons. The van der Waals surface area contributed by atoms with Gasteiger partial charge >= 0.3 is 0 Å². The molecule has 1 unspecified atom stereocenters. The second kappa shape index (κ2) is 6.80. The SMILES string of the molecule is CCCCCC1=NOC(C(OC)OC)C1. The van der Waals surface area contributed by atoms with Gasteiger partial charge in [-0.05, 0) is 12.8 Å². The molecule has 0 bridgehead atoms. The van der Waals surface area contributed by atoms with Gasteiger partial charge in [-0.2, -0.15) is 0 Å². The zero-order valence-electron chi connectivity index (χ0n) is 9.86. The number of hydrogen-bond acceptors (Lipinski definition) is 4. The monoisotopic (exact) mass is 215 g/mol. The second-order valence-electron chi connectivity index (χ2n) is 3.80. The smallest absolute Gasteiger partial charge is 0.197 e. The van der Waals surface area contributed by atoms with E-state index >= 15 is 0 Å². The van der Waals surface area contributed by atoms with E-state index in [2.05, 4.69) is 12.1 Å². The van der Waals surface area contributed by atoms with Crippen molar-refractivity contribution >= 4 is 5.71 Å². The molecule has 88 valence electrons. The lowest BCUT2D eigenvalue weighted by atomic mass is 10.1. The number of methoxy groups -OCH3 is 2. The van der Waals surface area contributed by atoms with E-state index in [1.807, 2.05) is 0 Å². The normalized spacial score (nSPS) is 20.5. The maximum atomic E-state index is 5.28. The van der Waals surface area contributed by atoms with Gasteiger partial charge in [0.1, 0.15) is 0 Å². The summed E-state index contributed by atoms with van der Waals surface area (Å²) >= 11 is 0. The van der Waals surface area contributed by atoms with Gasteiger partial charge in [-0.15, -0.1) is 0 Å². The number of oxime groups is 1. The summed E-state index contributed by atoms with van der Waals surface area (Å²) in [5.74, 6) is 0. The average Bonchev–Trinajstić information content (AvgIpc) is 2.69. The van der Waals surface area contributed by atoms with Crippen LogP contribution in [0.1, 0.15) is 39.0 Å². The molecular formula is C11H21NO3. The van der Waals surface area contributed by atoms with Crippen molar-refractivity contribution in [3.63, 3.8) is 0 Å². The molecule has 0 N–H and O–H groups in total. The highest BCUT2D eigenvalue weighted by Crippen LogP contribution is 2.19. The van der Waals surface area contributed by atoms with Crippen LogP contribution in [0.4, 0.5) is 0 Å². The van der Waals surface area contributed by atoms with Crippen LogP contribution in [0.15, 0.2) is 5.16 Å². The molecule has 1 rings (SSSR count). The van der Waals surface area contributed by atoms with Gasteiger partial charge in [0.05, 0.1) is 5.71 Å². The summed E-state index contributed by atoms with van der Waals surface area (Å²) in [4.78, 5) is 5.28. The van der Waals surface area contributed by atoms with Gasteiger partial charge in [0.15, 0.2) is 12.4 Å². The quantitative estimate of drug-likeness (QED) is 0.483. The Hall–Kier alpha value is -0.610. The number of nitrogens with zero attached hydrogens (tertiary/aromatic N) is 1. The predicted octanol–water partition coefficient (Wildman–Crippen LogP) is 2.33. The van der Waals surface area contributed by atoms with Crippen molar-refractivity contribution in [2.75, 3.05) is 14.2 Å². The van der Waals surface area contributed by atoms with Crippen LogP contribution in [0.5, 0.6) is 0 Å². The summed E-state index contributed by atoms with van der Waals surface area (Å²) in [5.41, 5.74) is 1.13. The molecule has 0 aromatic heterocycles. The van der Waals surface area contributed by atoms with Crippen LogP contribution in [0, 0.1) is 0 Å². The minimum atomic E-state index is -0.308. The second-order valence-corrected chi connectivity index (χ2v) is 3.80. The fourth-order valence-corrected chi connectivity index (χ4v) is 1.72. The van der Waals surface area contributed by atoms with Crippen LogP contribution in [-0.2, 0) is 14.3 Å². The third kappa shape index (κ3) is 3.80. The maximum absolute atomic E-state index is 5.28. The highest BCUT2D eigenvalue weighted by Gasteiger charge is 2.29. The van der Waals surface area contributed by atoms with Gasteiger partial charge < -0.3 is 14.3 Å². The molecule has 0 aromatic carbocycles. The van der Waals surface area contributed by atoms with Crippen molar-refractivity contribution < 1.29 is 14.3 Å². The van der Waals surface area contributed by atoms with Crippen molar-refractivity contribution in [2.45, 2.75) is 51.4 Å². The van der Waals surface area contributed by atoms with E-state index in [0.717, 1.165) is 18.6 Å². The van der Waals surface area contributed by atoms with Crippen molar-refractivity contribution in [2.24, 2.45) is 5.16 Å². The lowest BCUT2D eigenvalue weighted by molar-refractivity contribution is -0.172. The highest BCUT2D eigenvalue weighted by atomic mass is 16.7. The van der Waals surface area contributed by atoms with E-state index in [0.29, 0.717) is 0 Å². The lowest BCUT2D eigenvalue weighted by Gasteiger charge is -2.17. The average molecular weight is 215 g/mol. The van der Waals surface area contributed by atoms with Crippen molar-refractivity contribution in [3.8, 4) is 0 Å². The molecule has 0 aliphatic carbocycles. The predicted molar refractivity (Wildman–Crippen MR) is 58.9 cm³/mol. The number of hydrogen-bond donors (Lipinski definition) is 0. The van der Waals surface area contributed by atoms with E-state index in [1.165, 1.54) is 19.3 Å². The molecule has 0 amide bonds. The first-order valence-corrected chi connectivity index (χ1v) is 5.59. The van der Waals surface area contributed by atoms with Crippen molar-refractivity contribution in [1.29, 1.82) is 0 Å². The Morgan fingerprint density at radius 3 is 2.73 bits per heavy atom. The molecular weight excluding hydrogens is 194 g/mol. The summed E-state index contributed by atoms with van der Waals surface area (Å²) in [6.07, 6.45) is 5.16. The van der Waals surface area contributed by atoms with E-state index in [1.54, 1.807) is 14.2 Å². The molecule has 0 aromatic rings. The molecule has 1 atom stereocenters. The Labute approximate surface area is 91.6 Å². The Morgan fingerprint density at radius 2 is 2.13 bits per heavy atom. The van der Waals surface area contributed by atoms with E-state index in [-0.39, 0.29) is 12.4 Å². The molecule has 1 heterocycles. The van der Waals surface area contributed by atoms with Gasteiger partial charge in [-0.1, -0.05) is 24.9 Å². The highest BCUT2D eigenvalue weighted by molar-refractivity contribution is 5.85. The molecule has 1 aliphatic rings. The Balaban J connectivity index is 2.24. The van der Waals surface area contributed by atoms with Crippen molar-refractivity contribution in [3.05, 3.63) is 0 Å². The topological polar surface area (TPSA) is 40.0 Å². The van der Waals surface area contributed by atoms with Gasteiger partial charge in [-0.25, -0.2) is 0 Å². The minimum Gasteiger partial charge on any atom is -0.387 e. The standard InChI is InChI=1S/C11H21NO3/c1-4-5-6-7-9-8-10(15-12-9)11(13-2)14-3/h10-11H,4-8H2,1-3H3. The van der Waals surface area contributed by atoms with Crippen LogP contribution >= 0.6 is 0 Å². The molecule has 0 spiro atoms. The lowest BCUT2D eigenvalue weighted by Crippen LogP contribution is -2.29. The molecule has 0 saturated carbocycles. The zero-order chi connectivity index (χ0) is 11.1. The van der Waals surface area contributed by atoms with Crippen molar-refractivity contribution in [1.82, 2.24) is 0 Å². The molecule has 15 heavy (non-hydrogen) atoms. The summed E-state index contributed by atoms with van der Waals surface area (Å²) < 4.78 is 10.3. The summed E-state index contributed by atoms with van der Waals surface area (Å²) in [6.45, 7) is 2.20. The van der Waals surface area contributed by atoms with E-state index < -0.39 is 0 Å². The molecule has 0 saturated heterocycles. The fraction of sp³-hybridized carbons (Fsp3) is 0.909. The number of rotatable bonds is 7. The van der Waals surface area contributed by atoms with Crippen LogP contribution in [-0.4, -0.2) is 32.3 Å². The summed E-state index contributed by atoms with van der Waals surface area (Å²) in [6, 6.07) is 0. The third-order valence-electron chi connectivity index (χ3n) is 2.59.